The molecule has 3 aromatic rings. The largest absolute Gasteiger partial charge is 0.488 e. The first-order valence-electron chi connectivity index (χ1n) is 13.3. The molecular weight excluding hydrogens is 457 g/mol. The number of hydrogen-bond donors (Lipinski definition) is 0. The first-order chi connectivity index (χ1) is 17.2. The molecule has 0 aliphatic heterocycles. The summed E-state index contributed by atoms with van der Waals surface area (Å²) in [6.45, 7) is 14.4. The van der Waals surface area contributed by atoms with Crippen molar-refractivity contribution in [2.45, 2.75) is 84.4 Å². The second-order valence-corrected chi connectivity index (χ2v) is 13.0. The van der Waals surface area contributed by atoms with E-state index in [4.69, 9.17) is 4.74 Å². The Morgan fingerprint density at radius 2 is 1.61 bits per heavy atom. The summed E-state index contributed by atoms with van der Waals surface area (Å²) >= 11 is 0. The van der Waals surface area contributed by atoms with Crippen LogP contribution >= 0.6 is 8.58 Å². The van der Waals surface area contributed by atoms with Gasteiger partial charge < -0.3 is 4.74 Å². The molecule has 36 heavy (non-hydrogen) atoms. The molecule has 192 valence electrons. The summed E-state index contributed by atoms with van der Waals surface area (Å²) in [7, 11) is 2.47. The first-order valence-corrected chi connectivity index (χ1v) is 14.3. The lowest BCUT2D eigenvalue weighted by Crippen LogP contribution is -2.24. The van der Waals surface area contributed by atoms with E-state index >= 15 is 0 Å². The second-order valence-electron chi connectivity index (χ2n) is 11.1. The van der Waals surface area contributed by atoms with E-state index in [9.17, 15) is 0 Å². The summed E-state index contributed by atoms with van der Waals surface area (Å²) < 4.78 is 6.67. The Morgan fingerprint density at radius 3 is 2.28 bits per heavy atom. The summed E-state index contributed by atoms with van der Waals surface area (Å²) in [6.07, 6.45) is 6.80. The Morgan fingerprint density at radius 1 is 0.917 bits per heavy atom. The van der Waals surface area contributed by atoms with Crippen LogP contribution in [0.15, 0.2) is 71.7 Å². The average Bonchev–Trinajstić information content (AvgIpc) is 2.84. The van der Waals surface area contributed by atoms with Crippen molar-refractivity contribution < 1.29 is 4.74 Å². The maximum Gasteiger partial charge on any atom is 0.126 e. The highest BCUT2D eigenvalue weighted by Gasteiger charge is 2.33. The smallest absolute Gasteiger partial charge is 0.126 e. The summed E-state index contributed by atoms with van der Waals surface area (Å²) in [5, 5.41) is 1.33. The molecule has 2 unspecified atom stereocenters. The highest BCUT2D eigenvalue weighted by molar-refractivity contribution is 7.48. The number of unbranched alkanes of at least 4 members (excludes halogenated alkanes) is 2. The lowest BCUT2D eigenvalue weighted by atomic mass is 9.82. The van der Waals surface area contributed by atoms with Crippen LogP contribution in [0.1, 0.15) is 88.1 Å². The molecule has 0 saturated heterocycles. The molecule has 0 aliphatic rings. The number of benzene rings is 3. The molecule has 0 spiro atoms. The minimum atomic E-state index is -0.0368. The normalized spacial score (nSPS) is 14.0. The van der Waals surface area contributed by atoms with Gasteiger partial charge in [0.15, 0.2) is 0 Å². The Bertz CT molecular complexity index is 1150. The van der Waals surface area contributed by atoms with Crippen LogP contribution in [0.5, 0.6) is 5.75 Å². The van der Waals surface area contributed by atoms with E-state index in [1.54, 1.807) is 0 Å². The number of rotatable bonds is 11. The Balaban J connectivity index is 2.14. The lowest BCUT2D eigenvalue weighted by molar-refractivity contribution is 0.296. The Labute approximate surface area is 221 Å². The molecule has 0 saturated carbocycles. The zero-order valence-electron chi connectivity index (χ0n) is 23.3. The molecular formula is C33H44NOP. The van der Waals surface area contributed by atoms with Gasteiger partial charge in [-0.05, 0) is 46.3 Å². The minimum absolute atomic E-state index is 0.0368. The topological polar surface area (TPSA) is 21.6 Å². The summed E-state index contributed by atoms with van der Waals surface area (Å²) in [6, 6.07) is 24.0. The van der Waals surface area contributed by atoms with Crippen LogP contribution in [0.25, 0.3) is 0 Å². The standard InChI is InChI=1S/C33H44NOP/c1-8-9-15-20-33(6,36-30-19-14-13-18-27(30)23-34-7)29-22-28(32(3,4)5)21-25(2)31(29)35-24-26-16-11-10-12-17-26/h10-14,16-19,21-23,36H,8-9,15,20,24H2,1-7H3. The quantitative estimate of drug-likeness (QED) is 0.146. The van der Waals surface area contributed by atoms with Gasteiger partial charge in [-0.3, -0.25) is 4.99 Å². The summed E-state index contributed by atoms with van der Waals surface area (Å²) in [5.74, 6) is 1.06. The van der Waals surface area contributed by atoms with Crippen molar-refractivity contribution in [1.29, 1.82) is 0 Å². The third-order valence-corrected chi connectivity index (χ3v) is 8.68. The molecule has 2 nitrogen and oxygen atoms in total. The van der Waals surface area contributed by atoms with Crippen molar-refractivity contribution >= 4 is 20.1 Å². The van der Waals surface area contributed by atoms with E-state index in [2.05, 4.69) is 113 Å². The third kappa shape index (κ3) is 7.30. The zero-order valence-corrected chi connectivity index (χ0v) is 24.3. The van der Waals surface area contributed by atoms with Gasteiger partial charge >= 0.3 is 0 Å². The fourth-order valence-corrected chi connectivity index (χ4v) is 6.38. The van der Waals surface area contributed by atoms with Gasteiger partial charge in [0.05, 0.1) is 0 Å². The van der Waals surface area contributed by atoms with Crippen molar-refractivity contribution in [2.24, 2.45) is 4.99 Å². The Hall–Kier alpha value is -2.44. The van der Waals surface area contributed by atoms with Gasteiger partial charge in [0.25, 0.3) is 0 Å². The maximum absolute atomic E-state index is 6.67. The molecule has 0 bridgehead atoms. The number of hydrogen-bond acceptors (Lipinski definition) is 2. The predicted molar refractivity (Wildman–Crippen MR) is 160 cm³/mol. The molecule has 0 aliphatic carbocycles. The number of ether oxygens (including phenoxy) is 1. The van der Waals surface area contributed by atoms with Gasteiger partial charge in [-0.25, -0.2) is 0 Å². The number of aryl methyl sites for hydroxylation is 1. The SMILES string of the molecule is CCCCCC(C)(Pc1ccccc1C=NC)c1cc(C(C)(C)C)cc(C)c1OCc1ccccc1. The van der Waals surface area contributed by atoms with Gasteiger partial charge in [0.2, 0.25) is 0 Å². The molecule has 0 N–H and O–H groups in total. The van der Waals surface area contributed by atoms with E-state index in [-0.39, 0.29) is 10.6 Å². The van der Waals surface area contributed by atoms with Crippen LogP contribution in [-0.2, 0) is 17.2 Å². The molecule has 0 amide bonds. The van der Waals surface area contributed by atoms with E-state index in [1.165, 1.54) is 52.4 Å². The van der Waals surface area contributed by atoms with Gasteiger partial charge in [-0.2, -0.15) is 0 Å². The third-order valence-electron chi connectivity index (χ3n) is 6.88. The fraction of sp³-hybridized carbons (Fsp3) is 0.424. The molecule has 2 atom stereocenters. The van der Waals surface area contributed by atoms with Gasteiger partial charge in [0, 0.05) is 24.0 Å². The summed E-state index contributed by atoms with van der Waals surface area (Å²) in [5.41, 5.74) is 6.43. The van der Waals surface area contributed by atoms with Crippen molar-refractivity contribution in [1.82, 2.24) is 0 Å². The Kier molecular flexibility index (Phi) is 9.92. The van der Waals surface area contributed by atoms with Gasteiger partial charge in [0.1, 0.15) is 12.4 Å². The van der Waals surface area contributed by atoms with Crippen LogP contribution in [0.2, 0.25) is 0 Å². The molecule has 0 heterocycles. The number of nitrogens with zero attached hydrogens (tertiary/aromatic N) is 1. The zero-order chi connectivity index (χ0) is 26.2. The van der Waals surface area contributed by atoms with Crippen LogP contribution < -0.4 is 10.0 Å². The van der Waals surface area contributed by atoms with E-state index in [0.717, 1.165) is 12.2 Å². The molecule has 0 fully saturated rings. The highest BCUT2D eigenvalue weighted by atomic mass is 31.1. The van der Waals surface area contributed by atoms with Crippen LogP contribution in [0, 0.1) is 6.92 Å². The van der Waals surface area contributed by atoms with E-state index < -0.39 is 0 Å². The van der Waals surface area contributed by atoms with Crippen LogP contribution in [-0.4, -0.2) is 13.3 Å². The first kappa shape index (κ1) is 28.1. The predicted octanol–water partition coefficient (Wildman–Crippen LogP) is 8.72. The van der Waals surface area contributed by atoms with E-state index in [0.29, 0.717) is 15.2 Å². The van der Waals surface area contributed by atoms with Crippen LogP contribution in [0.4, 0.5) is 0 Å². The highest BCUT2D eigenvalue weighted by Crippen LogP contribution is 2.50. The molecule has 3 heteroatoms. The average molecular weight is 502 g/mol. The number of aliphatic imine (C=N–C) groups is 1. The van der Waals surface area contributed by atoms with E-state index in [1.807, 2.05) is 13.3 Å². The molecule has 3 aromatic carbocycles. The molecule has 0 radical (unpaired) electrons. The van der Waals surface area contributed by atoms with Gasteiger partial charge in [-0.1, -0.05) is 129 Å². The lowest BCUT2D eigenvalue weighted by Gasteiger charge is -2.35. The monoisotopic (exact) mass is 501 g/mol. The maximum atomic E-state index is 6.67. The summed E-state index contributed by atoms with van der Waals surface area (Å²) in [4.78, 5) is 4.34. The minimum Gasteiger partial charge on any atom is -0.488 e. The van der Waals surface area contributed by atoms with Crippen molar-refractivity contribution in [3.05, 3.63) is 94.5 Å². The van der Waals surface area contributed by atoms with Crippen molar-refractivity contribution in [3.63, 3.8) is 0 Å². The second kappa shape index (κ2) is 12.7. The van der Waals surface area contributed by atoms with Gasteiger partial charge in [-0.15, -0.1) is 0 Å². The van der Waals surface area contributed by atoms with Crippen molar-refractivity contribution in [3.8, 4) is 5.75 Å². The molecule has 3 rings (SSSR count). The van der Waals surface area contributed by atoms with Crippen LogP contribution in [0.3, 0.4) is 0 Å². The molecule has 0 aromatic heterocycles. The van der Waals surface area contributed by atoms with Crippen molar-refractivity contribution in [2.75, 3.05) is 7.05 Å². The fourth-order valence-electron chi connectivity index (χ4n) is 4.69.